The molecule has 0 aliphatic rings. The first-order valence-corrected chi connectivity index (χ1v) is 38.8. The Labute approximate surface area is 609 Å². The maximum absolute atomic E-state index is 12.9. The lowest BCUT2D eigenvalue weighted by atomic mass is 9.92. The Morgan fingerprint density at radius 3 is 1.29 bits per heavy atom. The molecule has 0 saturated carbocycles. The molecule has 6 aromatic heterocycles. The van der Waals surface area contributed by atoms with E-state index in [0.717, 1.165) is 98.6 Å². The van der Waals surface area contributed by atoms with Crippen molar-refractivity contribution in [2.24, 2.45) is 4.99 Å². The molecule has 6 heterocycles. The fraction of sp³-hybridized carbons (Fsp3) is 0.171. The molecule has 22 heteroatoms. The van der Waals surface area contributed by atoms with Gasteiger partial charge in [0.05, 0.1) is 54.7 Å². The summed E-state index contributed by atoms with van der Waals surface area (Å²) < 4.78 is 78.7. The number of ketones is 1. The van der Waals surface area contributed by atoms with Crippen LogP contribution in [0, 0.1) is 5.21 Å². The standard InChI is InChI=1S/C32H28N2O4S.C26H25N3O4S.C24H21ClN2O3S/c1-32(2,39(4,36)37)26-18-24-9-6-16-33-30(24)28(19-26)23-8-5-7-22(17-23)25-12-15-29(34-20-25)31(35)21-10-13-27(38-3)14-11-21;1-17(30)28-24-11-10-21(16-29(24)31)18-7-5-8-19(13-18)23-15-22(26(2,3)34(4,32)33)14-20-9-6-12-27-25(20)23;1-24(2,31(3,29)30)19-13-18-8-5-10-26-23(18)20(14-19)16-6-4-7-17(12-16)21-15-27(28)11-9-22(21)25/h5-20H,1-4H3;5-16,31H,1-4H3;4-15H,1-3H3. The van der Waals surface area contributed by atoms with Crippen LogP contribution < -0.4 is 15.0 Å². The predicted octanol–water partition coefficient (Wildman–Crippen LogP) is 16.0. The van der Waals surface area contributed by atoms with E-state index < -0.39 is 49.7 Å². The highest BCUT2D eigenvalue weighted by Gasteiger charge is 2.36. The molecule has 7 aromatic carbocycles. The molecule has 0 bridgehead atoms. The number of amides is 1. The zero-order valence-corrected chi connectivity index (χ0v) is 62.1. The molecule has 0 aliphatic carbocycles. The number of pyridine rings is 6. The highest BCUT2D eigenvalue weighted by molar-refractivity contribution is 7.92. The van der Waals surface area contributed by atoms with E-state index in [4.69, 9.17) is 16.3 Å². The van der Waals surface area contributed by atoms with Gasteiger partial charge in [0.25, 0.3) is 0 Å². The van der Waals surface area contributed by atoms with E-state index >= 15 is 0 Å². The van der Waals surface area contributed by atoms with Gasteiger partial charge in [0, 0.05) is 106 Å². The number of methoxy groups -OCH3 is 1. The van der Waals surface area contributed by atoms with Gasteiger partial charge >= 0.3 is 0 Å². The third kappa shape index (κ3) is 15.6. The zero-order valence-electron chi connectivity index (χ0n) is 58.9. The average molecular weight is 1470 g/mol. The fourth-order valence-corrected chi connectivity index (χ4v) is 13.5. The van der Waals surface area contributed by atoms with Gasteiger partial charge in [-0.2, -0.15) is 14.5 Å². The van der Waals surface area contributed by atoms with Crippen molar-refractivity contribution in [1.82, 2.24) is 24.7 Å². The summed E-state index contributed by atoms with van der Waals surface area (Å²) in [7, 11) is -8.53. The van der Waals surface area contributed by atoms with Crippen LogP contribution in [0.15, 0.2) is 249 Å². The zero-order chi connectivity index (χ0) is 74.8. The van der Waals surface area contributed by atoms with E-state index in [-0.39, 0.29) is 11.3 Å². The minimum absolute atomic E-state index is 0.137. The number of carbonyl (C=O) groups excluding carboxylic acids is 2. The number of halogens is 1. The van der Waals surface area contributed by atoms with Crippen LogP contribution in [0.2, 0.25) is 5.02 Å². The highest BCUT2D eigenvalue weighted by atomic mass is 35.5. The van der Waals surface area contributed by atoms with Crippen LogP contribution in [0.25, 0.3) is 99.5 Å². The van der Waals surface area contributed by atoms with Crippen LogP contribution >= 0.6 is 11.6 Å². The van der Waals surface area contributed by atoms with Gasteiger partial charge in [0.1, 0.15) is 11.4 Å². The van der Waals surface area contributed by atoms with Crippen molar-refractivity contribution in [2.45, 2.75) is 62.7 Å². The summed E-state index contributed by atoms with van der Waals surface area (Å²) in [4.78, 5) is 46.1. The Hall–Kier alpha value is -11.1. The van der Waals surface area contributed by atoms with Crippen molar-refractivity contribution in [3.8, 4) is 72.5 Å². The number of carbonyl (C=O) groups is 2. The van der Waals surface area contributed by atoms with Crippen molar-refractivity contribution >= 4 is 85.5 Å². The Morgan fingerprint density at radius 1 is 0.490 bits per heavy atom. The molecule has 0 unspecified atom stereocenters. The first-order chi connectivity index (χ1) is 49.1. The second-order valence-corrected chi connectivity index (χ2v) is 34.8. The van der Waals surface area contributed by atoms with E-state index in [1.807, 2.05) is 152 Å². The number of fused-ring (bicyclic) bond motifs is 3. The van der Waals surface area contributed by atoms with Crippen LogP contribution in [0.4, 0.5) is 0 Å². The van der Waals surface area contributed by atoms with Gasteiger partial charge in [0.15, 0.2) is 47.4 Å². The van der Waals surface area contributed by atoms with E-state index in [9.17, 15) is 45.3 Å². The van der Waals surface area contributed by atoms with Crippen LogP contribution in [-0.2, 0) is 48.5 Å². The Bertz CT molecular complexity index is 5970. The predicted molar refractivity (Wildman–Crippen MR) is 411 cm³/mol. The molecule has 0 aliphatic heterocycles. The van der Waals surface area contributed by atoms with Gasteiger partial charge in [-0.15, -0.1) is 0 Å². The van der Waals surface area contributed by atoms with Gasteiger partial charge in [-0.25, -0.2) is 25.3 Å². The van der Waals surface area contributed by atoms with Crippen molar-refractivity contribution in [3.05, 3.63) is 287 Å². The van der Waals surface area contributed by atoms with E-state index in [1.54, 1.807) is 122 Å². The molecule has 0 radical (unpaired) electrons. The van der Waals surface area contributed by atoms with Crippen LogP contribution in [-0.4, -0.2) is 92.7 Å². The molecular formula is C82H74ClN7O11S3. The van der Waals surface area contributed by atoms with E-state index in [1.165, 1.54) is 44.3 Å². The number of nitrogens with zero attached hydrogens (tertiary/aromatic N) is 7. The number of sulfone groups is 3. The quantitative estimate of drug-likeness (QED) is 0.0433. The highest BCUT2D eigenvalue weighted by Crippen LogP contribution is 2.42. The van der Waals surface area contributed by atoms with E-state index in [2.05, 4.69) is 24.9 Å². The molecule has 1 N–H and O–H groups in total. The van der Waals surface area contributed by atoms with Crippen molar-refractivity contribution < 1.29 is 49.5 Å². The average Bonchev–Trinajstić information content (AvgIpc) is 0.769. The molecule has 13 rings (SSSR count). The largest absolute Gasteiger partial charge is 0.619 e. The van der Waals surface area contributed by atoms with Crippen LogP contribution in [0.3, 0.4) is 0 Å². The van der Waals surface area contributed by atoms with Crippen molar-refractivity contribution in [3.63, 3.8) is 0 Å². The summed E-state index contributed by atoms with van der Waals surface area (Å²) in [6.45, 7) is 11.6. The van der Waals surface area contributed by atoms with Crippen LogP contribution in [0.1, 0.15) is 81.2 Å². The van der Waals surface area contributed by atoms with Crippen molar-refractivity contribution in [1.29, 1.82) is 0 Å². The monoisotopic (exact) mass is 1460 g/mol. The number of ether oxygens (including phenoxy) is 1. The third-order valence-corrected chi connectivity index (χ3v) is 25.5. The molecule has 0 atom stereocenters. The molecule has 0 saturated heterocycles. The lowest BCUT2D eigenvalue weighted by molar-refractivity contribution is -0.604. The Balaban J connectivity index is 0.000000157. The summed E-state index contributed by atoms with van der Waals surface area (Å²) in [5.74, 6) is 0.109. The maximum atomic E-state index is 12.9. The number of rotatable bonds is 15. The lowest BCUT2D eigenvalue weighted by Crippen LogP contribution is -2.28. The van der Waals surface area contributed by atoms with Gasteiger partial charge in [-0.1, -0.05) is 90.5 Å². The number of aromatic nitrogens is 6. The molecule has 13 aromatic rings. The molecule has 18 nitrogen and oxygen atoms in total. The minimum Gasteiger partial charge on any atom is -0.619 e. The summed E-state index contributed by atoms with van der Waals surface area (Å²) >= 11 is 6.33. The van der Waals surface area contributed by atoms with Gasteiger partial charge in [-0.05, 0) is 207 Å². The number of benzene rings is 7. The van der Waals surface area contributed by atoms with Gasteiger partial charge in [0.2, 0.25) is 11.7 Å². The summed E-state index contributed by atoms with van der Waals surface area (Å²) in [5, 5.41) is 25.1. The first kappa shape index (κ1) is 74.1. The number of hydrogen-bond acceptors (Lipinski definition) is 15. The minimum atomic E-state index is -3.38. The smallest absolute Gasteiger partial charge is 0.244 e. The topological polar surface area (TPSA) is 262 Å². The second-order valence-electron chi connectivity index (χ2n) is 26.7. The molecule has 1 amide bonds. The SMILES string of the molecule is CC(=O)N=c1ccc(-c2cccc(-c3cc(C(C)(C)S(C)(=O)=O)cc4cccnc34)c2)cn1O.CC(C)(c1cc(-c2cccc(-c3c[n+]([O-])ccc3Cl)c2)c2ncccc2c1)S(C)(=O)=O.COc1ccc(C(=O)c2ccc(-c3cccc(-c4cc(C(C)(C)S(C)(=O)=O)cc5cccnc45)c3)cn2)cc1. The summed E-state index contributed by atoms with van der Waals surface area (Å²) in [6.07, 6.45) is 14.9. The Kier molecular flexibility index (Phi) is 20.9. The van der Waals surface area contributed by atoms with E-state index in [0.29, 0.717) is 49.0 Å². The third-order valence-electron chi connectivity index (χ3n) is 18.9. The fourth-order valence-electron chi connectivity index (χ4n) is 11.7. The van der Waals surface area contributed by atoms with Crippen LogP contribution in [0.5, 0.6) is 5.75 Å². The number of hydrogen-bond donors (Lipinski definition) is 1. The first-order valence-electron chi connectivity index (χ1n) is 32.7. The molecular weight excluding hydrogens is 1390 g/mol. The molecule has 104 heavy (non-hydrogen) atoms. The molecule has 0 spiro atoms. The normalized spacial score (nSPS) is 12.3. The van der Waals surface area contributed by atoms with Crippen molar-refractivity contribution in [2.75, 3.05) is 25.9 Å². The summed E-state index contributed by atoms with van der Waals surface area (Å²) in [5.41, 5.74) is 15.2. The molecule has 0 fully saturated rings. The summed E-state index contributed by atoms with van der Waals surface area (Å²) in [6, 6.07) is 61.3. The van der Waals surface area contributed by atoms with Gasteiger partial charge in [-0.3, -0.25) is 29.5 Å². The molecule has 528 valence electrons. The van der Waals surface area contributed by atoms with Gasteiger partial charge < -0.3 is 15.2 Å². The second kappa shape index (κ2) is 29.3. The lowest BCUT2D eigenvalue weighted by Gasteiger charge is -2.24. The maximum Gasteiger partial charge on any atom is 0.244 e. The Morgan fingerprint density at radius 2 is 0.894 bits per heavy atom.